The Morgan fingerprint density at radius 3 is 1.68 bits per heavy atom. The third kappa shape index (κ3) is 15.5. The first kappa shape index (κ1) is 50.9. The number of benzene rings is 6. The average molecular weight is 933 g/mol. The van der Waals surface area contributed by atoms with Gasteiger partial charge in [0.15, 0.2) is 17.3 Å². The number of aryl methyl sites for hydroxylation is 2. The van der Waals surface area contributed by atoms with Crippen LogP contribution < -0.4 is 18.9 Å². The second kappa shape index (κ2) is 26.1. The lowest BCUT2D eigenvalue weighted by Crippen LogP contribution is -2.11. The van der Waals surface area contributed by atoms with E-state index in [2.05, 4.69) is 26.1 Å². The Hall–Kier alpha value is -7.53. The highest BCUT2D eigenvalue weighted by Gasteiger charge is 2.18. The molecule has 0 radical (unpaired) electrons. The molecule has 0 saturated carbocycles. The van der Waals surface area contributed by atoms with E-state index in [4.69, 9.17) is 28.4 Å². The highest BCUT2D eigenvalue weighted by Crippen LogP contribution is 2.31. The van der Waals surface area contributed by atoms with E-state index in [9.17, 15) is 24.0 Å². The van der Waals surface area contributed by atoms with Gasteiger partial charge in [-0.1, -0.05) is 86.7 Å². The molecular formula is C58H60O11. The first-order valence-electron chi connectivity index (χ1n) is 23.6. The summed E-state index contributed by atoms with van der Waals surface area (Å²) in [7, 11) is 0. The molecule has 6 rings (SSSR count). The molecule has 0 aromatic heterocycles. The predicted molar refractivity (Wildman–Crippen MR) is 268 cm³/mol. The molecule has 0 heterocycles. The van der Waals surface area contributed by atoms with Crippen LogP contribution in [0.2, 0.25) is 0 Å². The van der Waals surface area contributed by atoms with Crippen molar-refractivity contribution in [2.24, 2.45) is 0 Å². The van der Waals surface area contributed by atoms with Gasteiger partial charge in [-0.05, 0) is 152 Å². The van der Waals surface area contributed by atoms with E-state index < -0.39 is 23.9 Å². The number of fused-ring (bicyclic) bond motifs is 2. The standard InChI is InChI=1S/C58H60O11/c1-5-16-47-34-41(35-51(59)46-22-20-42-33-40(4)17-19-43(42)36-46)18-27-52(47)69-58(63)48-23-21-45-38-50(26-24-44(45)37-48)68-57(62)49-25-28-53(64-29-12-8-10-14-31-66-55(60)6-2)54(39-49)65-30-13-9-11-15-32-67-56(61)7-3/h6-7,17-28,33-34,36-39H,2-3,5,8-16,29-32,35H2,1,4H3. The molecule has 69 heavy (non-hydrogen) atoms. The fourth-order valence-electron chi connectivity index (χ4n) is 7.68. The van der Waals surface area contributed by atoms with Crippen molar-refractivity contribution in [2.75, 3.05) is 26.4 Å². The fraction of sp³-hybridized carbons (Fsp3) is 0.293. The topological polar surface area (TPSA) is 141 Å². The number of Topliss-reactive ketones (excluding diaryl/α,β-unsaturated/α-hetero) is 1. The molecule has 0 saturated heterocycles. The number of esters is 4. The van der Waals surface area contributed by atoms with Gasteiger partial charge in [0.05, 0.1) is 37.6 Å². The third-order valence-electron chi connectivity index (χ3n) is 11.4. The molecule has 11 nitrogen and oxygen atoms in total. The van der Waals surface area contributed by atoms with E-state index in [0.29, 0.717) is 67.0 Å². The summed E-state index contributed by atoms with van der Waals surface area (Å²) in [5, 5.41) is 3.62. The lowest BCUT2D eigenvalue weighted by atomic mass is 9.97. The first-order chi connectivity index (χ1) is 33.5. The van der Waals surface area contributed by atoms with Crippen molar-refractivity contribution in [3.63, 3.8) is 0 Å². The Labute approximate surface area is 404 Å². The first-order valence-corrected chi connectivity index (χ1v) is 23.6. The summed E-state index contributed by atoms with van der Waals surface area (Å²) in [4.78, 5) is 62.9. The van der Waals surface area contributed by atoms with Crippen molar-refractivity contribution in [1.29, 1.82) is 0 Å². The molecule has 0 amide bonds. The van der Waals surface area contributed by atoms with Crippen LogP contribution >= 0.6 is 0 Å². The highest BCUT2D eigenvalue weighted by molar-refractivity contribution is 6.01. The third-order valence-corrected chi connectivity index (χ3v) is 11.4. The second-order valence-corrected chi connectivity index (χ2v) is 16.8. The molecule has 0 aliphatic heterocycles. The minimum Gasteiger partial charge on any atom is -0.490 e. The second-order valence-electron chi connectivity index (χ2n) is 16.8. The van der Waals surface area contributed by atoms with Gasteiger partial charge in [-0.2, -0.15) is 0 Å². The largest absolute Gasteiger partial charge is 0.490 e. The van der Waals surface area contributed by atoms with E-state index in [1.54, 1.807) is 60.7 Å². The summed E-state index contributed by atoms with van der Waals surface area (Å²) < 4.78 is 34.1. The lowest BCUT2D eigenvalue weighted by Gasteiger charge is -2.14. The van der Waals surface area contributed by atoms with Crippen LogP contribution in [-0.2, 0) is 31.9 Å². The van der Waals surface area contributed by atoms with Crippen molar-refractivity contribution < 1.29 is 52.4 Å². The van der Waals surface area contributed by atoms with Crippen LogP contribution in [0.5, 0.6) is 23.0 Å². The molecule has 0 unspecified atom stereocenters. The van der Waals surface area contributed by atoms with Crippen LogP contribution in [0.15, 0.2) is 135 Å². The van der Waals surface area contributed by atoms with Gasteiger partial charge in [0.25, 0.3) is 0 Å². The van der Waals surface area contributed by atoms with Crippen molar-refractivity contribution in [2.45, 2.75) is 84.5 Å². The number of rotatable bonds is 27. The van der Waals surface area contributed by atoms with Crippen molar-refractivity contribution in [3.05, 3.63) is 168 Å². The maximum absolute atomic E-state index is 13.5. The number of ketones is 1. The Morgan fingerprint density at radius 2 is 1.01 bits per heavy atom. The smallest absolute Gasteiger partial charge is 0.343 e. The lowest BCUT2D eigenvalue weighted by molar-refractivity contribution is -0.138. The van der Waals surface area contributed by atoms with Crippen LogP contribution in [0.4, 0.5) is 0 Å². The van der Waals surface area contributed by atoms with Gasteiger partial charge in [-0.25, -0.2) is 19.2 Å². The van der Waals surface area contributed by atoms with Gasteiger partial charge in [0.1, 0.15) is 11.5 Å². The van der Waals surface area contributed by atoms with Gasteiger partial charge in [0.2, 0.25) is 0 Å². The van der Waals surface area contributed by atoms with Crippen LogP contribution in [0.25, 0.3) is 21.5 Å². The SMILES string of the molecule is C=CC(=O)OCCCCCCOc1ccc(C(=O)Oc2ccc3cc(C(=O)Oc4ccc(CC(=O)c5ccc6cc(C)ccc6c5)cc4CCC)ccc3c2)cc1OCCCCCCOC(=O)C=C. The summed E-state index contributed by atoms with van der Waals surface area (Å²) in [6.07, 6.45) is 10.4. The maximum atomic E-state index is 13.5. The van der Waals surface area contributed by atoms with Crippen molar-refractivity contribution in [1.82, 2.24) is 0 Å². The zero-order valence-electron chi connectivity index (χ0n) is 39.6. The fourth-order valence-corrected chi connectivity index (χ4v) is 7.68. The Balaban J connectivity index is 1.05. The van der Waals surface area contributed by atoms with Crippen LogP contribution in [0, 0.1) is 6.92 Å². The highest BCUT2D eigenvalue weighted by atomic mass is 16.5. The normalized spacial score (nSPS) is 10.9. The number of carbonyl (C=O) groups is 5. The summed E-state index contributed by atoms with van der Waals surface area (Å²) in [6, 6.07) is 32.8. The summed E-state index contributed by atoms with van der Waals surface area (Å²) in [5.74, 6) is -0.259. The van der Waals surface area contributed by atoms with E-state index in [-0.39, 0.29) is 17.8 Å². The molecule has 0 aliphatic rings. The van der Waals surface area contributed by atoms with Crippen molar-refractivity contribution >= 4 is 51.2 Å². The van der Waals surface area contributed by atoms with Gasteiger partial charge >= 0.3 is 23.9 Å². The van der Waals surface area contributed by atoms with Crippen LogP contribution in [0.1, 0.15) is 112 Å². The van der Waals surface area contributed by atoms with Gasteiger partial charge in [-0.3, -0.25) is 4.79 Å². The number of hydrogen-bond acceptors (Lipinski definition) is 11. The monoisotopic (exact) mass is 932 g/mol. The number of unbranched alkanes of at least 4 members (excludes halogenated alkanes) is 6. The number of ether oxygens (including phenoxy) is 6. The summed E-state index contributed by atoms with van der Waals surface area (Å²) in [5.41, 5.74) is 4.15. The average Bonchev–Trinajstić information content (AvgIpc) is 3.35. The van der Waals surface area contributed by atoms with E-state index in [1.807, 2.05) is 49.4 Å². The van der Waals surface area contributed by atoms with E-state index >= 15 is 0 Å². The maximum Gasteiger partial charge on any atom is 0.343 e. The molecule has 0 spiro atoms. The molecular weight excluding hydrogens is 873 g/mol. The molecule has 6 aromatic carbocycles. The molecule has 0 aliphatic carbocycles. The summed E-state index contributed by atoms with van der Waals surface area (Å²) >= 11 is 0. The van der Waals surface area contributed by atoms with Gasteiger partial charge < -0.3 is 28.4 Å². The zero-order chi connectivity index (χ0) is 49.0. The Kier molecular flexibility index (Phi) is 19.3. The van der Waals surface area contributed by atoms with Crippen LogP contribution in [0.3, 0.4) is 0 Å². The van der Waals surface area contributed by atoms with Gasteiger partial charge in [0, 0.05) is 24.1 Å². The molecule has 0 fully saturated rings. The number of carbonyl (C=O) groups excluding carboxylic acids is 5. The molecule has 0 N–H and O–H groups in total. The molecule has 0 bridgehead atoms. The minimum atomic E-state index is -0.584. The number of hydrogen-bond donors (Lipinski definition) is 0. The molecule has 358 valence electrons. The minimum absolute atomic E-state index is 0.0164. The predicted octanol–water partition coefficient (Wildman–Crippen LogP) is 12.5. The Morgan fingerprint density at radius 1 is 0.493 bits per heavy atom. The quantitative estimate of drug-likeness (QED) is 0.0160. The molecule has 0 atom stereocenters. The molecule has 6 aromatic rings. The Bertz CT molecular complexity index is 2790. The van der Waals surface area contributed by atoms with E-state index in [1.165, 1.54) is 5.56 Å². The van der Waals surface area contributed by atoms with Gasteiger partial charge in [-0.15, -0.1) is 0 Å². The zero-order valence-corrected chi connectivity index (χ0v) is 39.6. The summed E-state index contributed by atoms with van der Waals surface area (Å²) in [6.45, 7) is 12.4. The van der Waals surface area contributed by atoms with E-state index in [0.717, 1.165) is 103 Å². The van der Waals surface area contributed by atoms with Crippen molar-refractivity contribution in [3.8, 4) is 23.0 Å². The van der Waals surface area contributed by atoms with Crippen LogP contribution in [-0.4, -0.2) is 56.1 Å². The molecule has 11 heteroatoms.